The molecule has 1 heterocycles. The van der Waals surface area contributed by atoms with Gasteiger partial charge in [-0.05, 0) is 37.1 Å². The SMILES string of the molecule is OC1(c2ccc(Cl)c(Cl)c2)CCCNC1. The third kappa shape index (κ3) is 2.28. The van der Waals surface area contributed by atoms with Gasteiger partial charge in [-0.15, -0.1) is 0 Å². The summed E-state index contributed by atoms with van der Waals surface area (Å²) < 4.78 is 0. The molecule has 0 saturated carbocycles. The van der Waals surface area contributed by atoms with Crippen molar-refractivity contribution in [1.82, 2.24) is 5.32 Å². The lowest BCUT2D eigenvalue weighted by Gasteiger charge is -2.33. The van der Waals surface area contributed by atoms with Crippen molar-refractivity contribution in [2.75, 3.05) is 13.1 Å². The van der Waals surface area contributed by atoms with E-state index in [2.05, 4.69) is 5.32 Å². The maximum Gasteiger partial charge on any atom is 0.102 e. The lowest BCUT2D eigenvalue weighted by Crippen LogP contribution is -2.43. The number of hydrogen-bond donors (Lipinski definition) is 2. The first-order chi connectivity index (χ1) is 7.12. The van der Waals surface area contributed by atoms with Crippen LogP contribution in [0.1, 0.15) is 18.4 Å². The fraction of sp³-hybridized carbons (Fsp3) is 0.455. The molecular formula is C11H13Cl2NO. The molecule has 0 aromatic heterocycles. The van der Waals surface area contributed by atoms with Crippen LogP contribution in [-0.4, -0.2) is 18.2 Å². The number of benzene rings is 1. The Labute approximate surface area is 99.2 Å². The highest BCUT2D eigenvalue weighted by molar-refractivity contribution is 6.42. The Balaban J connectivity index is 2.31. The van der Waals surface area contributed by atoms with Crippen molar-refractivity contribution < 1.29 is 5.11 Å². The summed E-state index contributed by atoms with van der Waals surface area (Å²) >= 11 is 11.8. The topological polar surface area (TPSA) is 32.3 Å². The van der Waals surface area contributed by atoms with Crippen molar-refractivity contribution in [2.45, 2.75) is 18.4 Å². The van der Waals surface area contributed by atoms with Crippen LogP contribution in [0.2, 0.25) is 10.0 Å². The van der Waals surface area contributed by atoms with Gasteiger partial charge in [-0.2, -0.15) is 0 Å². The van der Waals surface area contributed by atoms with Gasteiger partial charge in [0.05, 0.1) is 10.0 Å². The van der Waals surface area contributed by atoms with Crippen molar-refractivity contribution >= 4 is 23.2 Å². The van der Waals surface area contributed by atoms with Crippen molar-refractivity contribution in [3.8, 4) is 0 Å². The van der Waals surface area contributed by atoms with E-state index in [0.717, 1.165) is 24.9 Å². The molecule has 1 unspecified atom stereocenters. The fourth-order valence-electron chi connectivity index (χ4n) is 1.92. The van der Waals surface area contributed by atoms with E-state index in [0.29, 0.717) is 16.6 Å². The molecule has 0 radical (unpaired) electrons. The molecule has 1 aliphatic rings. The average Bonchev–Trinajstić information content (AvgIpc) is 2.23. The zero-order valence-electron chi connectivity index (χ0n) is 8.26. The predicted octanol–water partition coefficient (Wildman–Crippen LogP) is 2.56. The maximum absolute atomic E-state index is 10.4. The Morgan fingerprint density at radius 1 is 1.27 bits per heavy atom. The number of β-amino-alcohol motifs (C(OH)–C–C–N with tert-alkyl or cyclic N) is 1. The van der Waals surface area contributed by atoms with Gasteiger partial charge in [-0.1, -0.05) is 29.3 Å². The normalized spacial score (nSPS) is 26.6. The minimum absolute atomic E-state index is 0.494. The van der Waals surface area contributed by atoms with E-state index in [4.69, 9.17) is 23.2 Å². The summed E-state index contributed by atoms with van der Waals surface area (Å²) in [7, 11) is 0. The van der Waals surface area contributed by atoms with Crippen LogP contribution in [0.5, 0.6) is 0 Å². The average molecular weight is 246 g/mol. The summed E-state index contributed by atoms with van der Waals surface area (Å²) in [6.45, 7) is 1.54. The Bertz CT molecular complexity index is 362. The number of hydrogen-bond acceptors (Lipinski definition) is 2. The molecule has 0 aliphatic carbocycles. The Kier molecular flexibility index (Phi) is 3.21. The van der Waals surface area contributed by atoms with Crippen LogP contribution < -0.4 is 5.32 Å². The van der Waals surface area contributed by atoms with Crippen LogP contribution in [0.15, 0.2) is 18.2 Å². The summed E-state index contributed by atoms with van der Waals surface area (Å²) in [5.74, 6) is 0. The third-order valence-corrected chi connectivity index (χ3v) is 3.56. The number of piperidine rings is 1. The zero-order chi connectivity index (χ0) is 10.9. The molecule has 0 bridgehead atoms. The molecular weight excluding hydrogens is 233 g/mol. The molecule has 4 heteroatoms. The predicted molar refractivity (Wildman–Crippen MR) is 62.5 cm³/mol. The van der Waals surface area contributed by atoms with Crippen molar-refractivity contribution in [3.63, 3.8) is 0 Å². The van der Waals surface area contributed by atoms with Crippen LogP contribution in [0.25, 0.3) is 0 Å². The Hall–Kier alpha value is -0.280. The minimum atomic E-state index is -0.799. The highest BCUT2D eigenvalue weighted by Gasteiger charge is 2.31. The summed E-state index contributed by atoms with van der Waals surface area (Å²) in [5.41, 5.74) is 0.0380. The van der Waals surface area contributed by atoms with Crippen LogP contribution in [0.4, 0.5) is 0 Å². The van der Waals surface area contributed by atoms with Gasteiger partial charge >= 0.3 is 0 Å². The van der Waals surface area contributed by atoms with E-state index in [1.54, 1.807) is 12.1 Å². The molecule has 82 valence electrons. The van der Waals surface area contributed by atoms with Gasteiger partial charge in [0.2, 0.25) is 0 Å². The lowest BCUT2D eigenvalue weighted by molar-refractivity contribution is 0.0123. The molecule has 2 rings (SSSR count). The molecule has 1 aromatic rings. The highest BCUT2D eigenvalue weighted by Crippen LogP contribution is 2.32. The molecule has 1 aliphatic heterocycles. The number of rotatable bonds is 1. The first kappa shape index (κ1) is 11.2. The quantitative estimate of drug-likeness (QED) is 0.798. The second-order valence-corrected chi connectivity index (χ2v) is 4.76. The van der Waals surface area contributed by atoms with E-state index in [9.17, 15) is 5.11 Å². The third-order valence-electron chi connectivity index (χ3n) is 2.82. The molecule has 1 fully saturated rings. The van der Waals surface area contributed by atoms with Crippen molar-refractivity contribution in [3.05, 3.63) is 33.8 Å². The van der Waals surface area contributed by atoms with Crippen LogP contribution >= 0.6 is 23.2 Å². The molecule has 2 nitrogen and oxygen atoms in total. The standard InChI is InChI=1S/C11H13Cl2NO/c12-9-3-2-8(6-10(9)13)11(15)4-1-5-14-7-11/h2-3,6,14-15H,1,4-5,7H2. The van der Waals surface area contributed by atoms with Gasteiger partial charge in [0.15, 0.2) is 0 Å². The lowest BCUT2D eigenvalue weighted by atomic mass is 9.87. The van der Waals surface area contributed by atoms with E-state index < -0.39 is 5.60 Å². The van der Waals surface area contributed by atoms with Gasteiger partial charge in [-0.3, -0.25) is 0 Å². The van der Waals surface area contributed by atoms with Gasteiger partial charge in [0.1, 0.15) is 5.60 Å². The summed E-state index contributed by atoms with van der Waals surface area (Å²) in [6.07, 6.45) is 1.73. The first-order valence-electron chi connectivity index (χ1n) is 5.00. The zero-order valence-corrected chi connectivity index (χ0v) is 9.78. The van der Waals surface area contributed by atoms with Crippen LogP contribution in [0.3, 0.4) is 0 Å². The molecule has 1 atom stereocenters. The monoisotopic (exact) mass is 245 g/mol. The molecule has 15 heavy (non-hydrogen) atoms. The smallest absolute Gasteiger partial charge is 0.102 e. The van der Waals surface area contributed by atoms with E-state index in [-0.39, 0.29) is 0 Å². The number of nitrogens with one attached hydrogen (secondary N) is 1. The van der Waals surface area contributed by atoms with E-state index in [1.807, 2.05) is 6.07 Å². The Morgan fingerprint density at radius 3 is 2.67 bits per heavy atom. The molecule has 2 N–H and O–H groups in total. The van der Waals surface area contributed by atoms with Crippen LogP contribution in [0, 0.1) is 0 Å². The van der Waals surface area contributed by atoms with Crippen molar-refractivity contribution in [1.29, 1.82) is 0 Å². The largest absolute Gasteiger partial charge is 0.384 e. The second-order valence-electron chi connectivity index (χ2n) is 3.94. The van der Waals surface area contributed by atoms with Crippen LogP contribution in [-0.2, 0) is 5.60 Å². The summed E-state index contributed by atoms with van der Waals surface area (Å²) in [4.78, 5) is 0. The highest BCUT2D eigenvalue weighted by atomic mass is 35.5. The molecule has 1 aromatic carbocycles. The Morgan fingerprint density at radius 2 is 2.07 bits per heavy atom. The van der Waals surface area contributed by atoms with E-state index >= 15 is 0 Å². The van der Waals surface area contributed by atoms with E-state index in [1.165, 1.54) is 0 Å². The fourth-order valence-corrected chi connectivity index (χ4v) is 2.22. The number of aliphatic hydroxyl groups is 1. The number of halogens is 2. The maximum atomic E-state index is 10.4. The summed E-state index contributed by atoms with van der Waals surface area (Å²) in [5, 5.41) is 14.6. The van der Waals surface area contributed by atoms with Gasteiger partial charge in [0.25, 0.3) is 0 Å². The van der Waals surface area contributed by atoms with Gasteiger partial charge < -0.3 is 10.4 Å². The van der Waals surface area contributed by atoms with Crippen molar-refractivity contribution in [2.24, 2.45) is 0 Å². The molecule has 0 amide bonds. The summed E-state index contributed by atoms with van der Waals surface area (Å²) in [6, 6.07) is 5.31. The van der Waals surface area contributed by atoms with Gasteiger partial charge in [0, 0.05) is 6.54 Å². The molecule has 0 spiro atoms. The minimum Gasteiger partial charge on any atom is -0.384 e. The van der Waals surface area contributed by atoms with Gasteiger partial charge in [-0.25, -0.2) is 0 Å². The second kappa shape index (κ2) is 4.30. The first-order valence-corrected chi connectivity index (χ1v) is 5.76. The molecule has 1 saturated heterocycles.